The lowest BCUT2D eigenvalue weighted by Crippen LogP contribution is -2.03. The van der Waals surface area contributed by atoms with Crippen LogP contribution in [0.1, 0.15) is 16.8 Å². The van der Waals surface area contributed by atoms with Gasteiger partial charge in [0.25, 0.3) is 0 Å². The van der Waals surface area contributed by atoms with Gasteiger partial charge in [-0.1, -0.05) is 15.9 Å². The van der Waals surface area contributed by atoms with Crippen LogP contribution in [0.25, 0.3) is 0 Å². The summed E-state index contributed by atoms with van der Waals surface area (Å²) in [6.07, 6.45) is 4.58. The van der Waals surface area contributed by atoms with Crippen molar-refractivity contribution in [1.29, 1.82) is 0 Å². The van der Waals surface area contributed by atoms with Crippen LogP contribution in [-0.4, -0.2) is 16.2 Å². The van der Waals surface area contributed by atoms with Crippen LogP contribution in [0, 0.1) is 0 Å². The van der Waals surface area contributed by atoms with Crippen molar-refractivity contribution >= 4 is 27.5 Å². The quantitative estimate of drug-likeness (QED) is 0.808. The third kappa shape index (κ3) is 2.15. The highest BCUT2D eigenvalue weighted by Gasteiger charge is 2.18. The SMILES string of the molecule is ClCc1cncn1Cc1cc(Br)cc2c1OCC2. The molecule has 2 aromatic rings. The van der Waals surface area contributed by atoms with Crippen LogP contribution >= 0.6 is 27.5 Å². The predicted octanol–water partition coefficient (Wildman–Crippen LogP) is 3.37. The number of benzene rings is 1. The van der Waals surface area contributed by atoms with Gasteiger partial charge in [-0.05, 0) is 17.7 Å². The number of fused-ring (bicyclic) bond motifs is 1. The molecule has 0 aliphatic carbocycles. The van der Waals surface area contributed by atoms with E-state index in [-0.39, 0.29) is 0 Å². The Morgan fingerprint density at radius 1 is 1.44 bits per heavy atom. The van der Waals surface area contributed by atoms with Crippen molar-refractivity contribution in [2.75, 3.05) is 6.61 Å². The normalized spacial score (nSPS) is 13.4. The highest BCUT2D eigenvalue weighted by molar-refractivity contribution is 9.10. The van der Waals surface area contributed by atoms with E-state index in [9.17, 15) is 0 Å². The van der Waals surface area contributed by atoms with Gasteiger partial charge in [0, 0.05) is 22.7 Å². The molecule has 0 amide bonds. The molecule has 5 heteroatoms. The van der Waals surface area contributed by atoms with Gasteiger partial charge in [0.2, 0.25) is 0 Å². The summed E-state index contributed by atoms with van der Waals surface area (Å²) in [5.41, 5.74) is 3.46. The number of nitrogens with zero attached hydrogens (tertiary/aromatic N) is 2. The van der Waals surface area contributed by atoms with Crippen molar-refractivity contribution < 1.29 is 4.74 Å². The molecular formula is C13H12BrClN2O. The van der Waals surface area contributed by atoms with E-state index >= 15 is 0 Å². The minimum atomic E-state index is 0.469. The largest absolute Gasteiger partial charge is 0.493 e. The van der Waals surface area contributed by atoms with Gasteiger partial charge in [0.1, 0.15) is 5.75 Å². The smallest absolute Gasteiger partial charge is 0.127 e. The van der Waals surface area contributed by atoms with Crippen molar-refractivity contribution in [3.63, 3.8) is 0 Å². The van der Waals surface area contributed by atoms with Crippen LogP contribution in [0.15, 0.2) is 29.1 Å². The van der Waals surface area contributed by atoms with E-state index < -0.39 is 0 Å². The van der Waals surface area contributed by atoms with Crippen LogP contribution in [-0.2, 0) is 18.8 Å². The van der Waals surface area contributed by atoms with Crippen LogP contribution in [0.5, 0.6) is 5.75 Å². The van der Waals surface area contributed by atoms with Gasteiger partial charge in [-0.25, -0.2) is 4.98 Å². The molecule has 94 valence electrons. The average Bonchev–Trinajstić information content (AvgIpc) is 2.96. The van der Waals surface area contributed by atoms with Gasteiger partial charge in [0.05, 0.1) is 31.1 Å². The molecule has 1 aliphatic rings. The van der Waals surface area contributed by atoms with Gasteiger partial charge >= 0.3 is 0 Å². The molecule has 0 spiro atoms. The molecule has 2 heterocycles. The summed E-state index contributed by atoms with van der Waals surface area (Å²) in [6.45, 7) is 1.51. The third-order valence-corrected chi connectivity index (χ3v) is 3.83. The van der Waals surface area contributed by atoms with Crippen molar-refractivity contribution in [2.24, 2.45) is 0 Å². The van der Waals surface area contributed by atoms with Crippen LogP contribution in [0.4, 0.5) is 0 Å². The number of aromatic nitrogens is 2. The van der Waals surface area contributed by atoms with Crippen molar-refractivity contribution in [3.05, 3.63) is 46.0 Å². The van der Waals surface area contributed by atoms with E-state index in [2.05, 4.69) is 37.6 Å². The van der Waals surface area contributed by atoms with E-state index in [1.807, 2.05) is 0 Å². The Balaban J connectivity index is 1.98. The summed E-state index contributed by atoms with van der Waals surface area (Å²) in [4.78, 5) is 4.13. The fourth-order valence-corrected chi connectivity index (χ4v) is 3.02. The maximum atomic E-state index is 5.89. The zero-order chi connectivity index (χ0) is 12.5. The van der Waals surface area contributed by atoms with Crippen LogP contribution in [0.2, 0.25) is 0 Å². The van der Waals surface area contributed by atoms with E-state index in [1.54, 1.807) is 12.5 Å². The highest BCUT2D eigenvalue weighted by Crippen LogP contribution is 2.33. The van der Waals surface area contributed by atoms with Gasteiger partial charge in [-0.15, -0.1) is 11.6 Å². The van der Waals surface area contributed by atoms with Crippen molar-refractivity contribution in [1.82, 2.24) is 9.55 Å². The van der Waals surface area contributed by atoms with Gasteiger partial charge < -0.3 is 9.30 Å². The standard InChI is InChI=1S/C13H12BrClN2O/c14-11-3-9-1-2-18-13(9)10(4-11)7-17-8-16-6-12(17)5-15/h3-4,6,8H,1-2,5,7H2. The van der Waals surface area contributed by atoms with Gasteiger partial charge in [-0.2, -0.15) is 0 Å². The second-order valence-corrected chi connectivity index (χ2v) is 5.48. The molecule has 0 atom stereocenters. The number of ether oxygens (including phenoxy) is 1. The minimum Gasteiger partial charge on any atom is -0.493 e. The molecule has 0 bridgehead atoms. The Hall–Kier alpha value is -1.00. The Bertz CT molecular complexity index is 582. The molecule has 0 unspecified atom stereocenters. The summed E-state index contributed by atoms with van der Waals surface area (Å²) in [6, 6.07) is 4.23. The Morgan fingerprint density at radius 2 is 2.33 bits per heavy atom. The first-order valence-corrected chi connectivity index (χ1v) is 7.10. The topological polar surface area (TPSA) is 27.1 Å². The lowest BCUT2D eigenvalue weighted by molar-refractivity contribution is 0.352. The monoisotopic (exact) mass is 326 g/mol. The first-order valence-electron chi connectivity index (χ1n) is 5.77. The number of hydrogen-bond acceptors (Lipinski definition) is 2. The van der Waals surface area contributed by atoms with Crippen LogP contribution in [0.3, 0.4) is 0 Å². The second-order valence-electron chi connectivity index (χ2n) is 4.30. The zero-order valence-electron chi connectivity index (χ0n) is 9.70. The van der Waals surface area contributed by atoms with Crippen LogP contribution < -0.4 is 4.74 Å². The molecule has 18 heavy (non-hydrogen) atoms. The molecule has 1 aromatic carbocycles. The molecular weight excluding hydrogens is 316 g/mol. The summed E-state index contributed by atoms with van der Waals surface area (Å²) in [7, 11) is 0. The molecule has 0 N–H and O–H groups in total. The first kappa shape index (κ1) is 12.1. The maximum Gasteiger partial charge on any atom is 0.127 e. The Labute approximate surface area is 119 Å². The van der Waals surface area contributed by atoms with E-state index in [4.69, 9.17) is 16.3 Å². The molecule has 3 rings (SSSR count). The number of imidazole rings is 1. The fourth-order valence-electron chi connectivity index (χ4n) is 2.25. The third-order valence-electron chi connectivity index (χ3n) is 3.10. The van der Waals surface area contributed by atoms with Gasteiger partial charge in [0.15, 0.2) is 0 Å². The first-order chi connectivity index (χ1) is 8.78. The summed E-state index contributed by atoms with van der Waals surface area (Å²) < 4.78 is 8.86. The lowest BCUT2D eigenvalue weighted by atomic mass is 10.1. The predicted molar refractivity (Wildman–Crippen MR) is 74.2 cm³/mol. The molecule has 0 saturated carbocycles. The molecule has 0 radical (unpaired) electrons. The number of halogens is 2. The molecule has 1 aliphatic heterocycles. The van der Waals surface area contributed by atoms with Crippen molar-refractivity contribution in [3.8, 4) is 5.75 Å². The number of rotatable bonds is 3. The molecule has 3 nitrogen and oxygen atoms in total. The van der Waals surface area contributed by atoms with E-state index in [0.29, 0.717) is 5.88 Å². The number of hydrogen-bond donors (Lipinski definition) is 0. The maximum absolute atomic E-state index is 5.89. The Morgan fingerprint density at radius 3 is 3.17 bits per heavy atom. The number of alkyl halides is 1. The Kier molecular flexibility index (Phi) is 3.31. The van der Waals surface area contributed by atoms with Gasteiger partial charge in [-0.3, -0.25) is 0 Å². The fraction of sp³-hybridized carbons (Fsp3) is 0.308. The lowest BCUT2D eigenvalue weighted by Gasteiger charge is -2.11. The molecule has 0 fully saturated rings. The molecule has 1 aromatic heterocycles. The van der Waals surface area contributed by atoms with Crippen molar-refractivity contribution in [2.45, 2.75) is 18.8 Å². The van der Waals surface area contributed by atoms with E-state index in [1.165, 1.54) is 11.1 Å². The summed E-state index contributed by atoms with van der Waals surface area (Å²) in [5, 5.41) is 0. The minimum absolute atomic E-state index is 0.469. The molecule has 0 saturated heterocycles. The summed E-state index contributed by atoms with van der Waals surface area (Å²) in [5.74, 6) is 1.49. The average molecular weight is 328 g/mol. The second kappa shape index (κ2) is 4.94. The zero-order valence-corrected chi connectivity index (χ0v) is 12.0. The summed E-state index contributed by atoms with van der Waals surface area (Å²) >= 11 is 9.44. The highest BCUT2D eigenvalue weighted by atomic mass is 79.9. The van der Waals surface area contributed by atoms with E-state index in [0.717, 1.165) is 35.5 Å².